The zero-order valence-electron chi connectivity index (χ0n) is 29.8. The van der Waals surface area contributed by atoms with E-state index in [0.717, 1.165) is 61.6 Å². The third-order valence-corrected chi connectivity index (χ3v) is 11.6. The van der Waals surface area contributed by atoms with E-state index in [1.165, 1.54) is 10.6 Å². The molecule has 0 bridgehead atoms. The SMILES string of the molecule is CC(C)c1cc(-c2n[nH]c(=O)n2-c2ccc3c(ccn3CCNC(=O)CCCCCCC(=O)CCCC[C@H]3SC[C@@H]4NC(=O)N[C@@H]43)c2)c(O)cc1O. The lowest BCUT2D eigenvalue weighted by atomic mass is 9.98. The smallest absolute Gasteiger partial charge is 0.348 e. The summed E-state index contributed by atoms with van der Waals surface area (Å²) >= 11 is 1.91. The molecule has 2 saturated heterocycles. The molecule has 0 aliphatic carbocycles. The predicted molar refractivity (Wildman–Crippen MR) is 202 cm³/mol. The van der Waals surface area contributed by atoms with E-state index < -0.39 is 5.69 Å². The van der Waals surface area contributed by atoms with Crippen molar-refractivity contribution in [2.24, 2.45) is 0 Å². The number of fused-ring (bicyclic) bond motifs is 2. The number of ketones is 1. The van der Waals surface area contributed by atoms with Gasteiger partial charge >= 0.3 is 11.7 Å². The second-order valence-electron chi connectivity index (χ2n) is 14.2. The zero-order valence-corrected chi connectivity index (χ0v) is 30.6. The molecule has 278 valence electrons. The fraction of sp³-hybridized carbons (Fsp3) is 0.500. The van der Waals surface area contributed by atoms with Gasteiger partial charge in [0.15, 0.2) is 5.82 Å². The molecule has 52 heavy (non-hydrogen) atoms. The van der Waals surface area contributed by atoms with Gasteiger partial charge in [-0.25, -0.2) is 19.3 Å². The Morgan fingerprint density at radius 2 is 1.73 bits per heavy atom. The first-order valence-corrected chi connectivity index (χ1v) is 19.4. The maximum Gasteiger partial charge on any atom is 0.348 e. The maximum absolute atomic E-state index is 12.9. The molecule has 14 heteroatoms. The predicted octanol–water partition coefficient (Wildman–Crippen LogP) is 5.47. The number of aromatic hydroxyl groups is 2. The van der Waals surface area contributed by atoms with E-state index in [2.05, 4.69) is 26.1 Å². The number of carbonyl (C=O) groups is 3. The highest BCUT2D eigenvalue weighted by Gasteiger charge is 2.42. The highest BCUT2D eigenvalue weighted by Crippen LogP contribution is 2.37. The number of carbonyl (C=O) groups excluding carboxylic acids is 3. The van der Waals surface area contributed by atoms with Gasteiger partial charge in [0.25, 0.3) is 0 Å². The van der Waals surface area contributed by atoms with E-state index in [1.54, 1.807) is 6.07 Å². The molecular weight excluding hydrogens is 683 g/mol. The van der Waals surface area contributed by atoms with Crippen molar-refractivity contribution < 1.29 is 24.6 Å². The number of hydrogen-bond acceptors (Lipinski definition) is 8. The summed E-state index contributed by atoms with van der Waals surface area (Å²) in [5.41, 5.74) is 2.03. The molecule has 3 atom stereocenters. The number of hydrogen-bond donors (Lipinski definition) is 6. The molecule has 0 spiro atoms. The Balaban J connectivity index is 0.888. The number of thioether (sulfide) groups is 1. The van der Waals surface area contributed by atoms with Crippen molar-refractivity contribution in [3.05, 3.63) is 58.6 Å². The molecule has 4 aromatic rings. The lowest BCUT2D eigenvalue weighted by molar-refractivity contribution is -0.121. The summed E-state index contributed by atoms with van der Waals surface area (Å²) in [5.74, 6) is 1.32. The molecule has 3 amide bonds. The number of nitrogens with zero attached hydrogens (tertiary/aromatic N) is 3. The van der Waals surface area contributed by atoms with Gasteiger partial charge in [0.05, 0.1) is 23.3 Å². The van der Waals surface area contributed by atoms with Gasteiger partial charge in [-0.1, -0.05) is 33.1 Å². The number of phenolic OH excluding ortho intramolecular Hbond substituents is 2. The van der Waals surface area contributed by atoms with Gasteiger partial charge < -0.3 is 30.7 Å². The number of unbranched alkanes of at least 4 members (excludes halogenated alkanes) is 4. The van der Waals surface area contributed by atoms with Crippen LogP contribution in [0.1, 0.15) is 89.5 Å². The number of nitrogens with one attached hydrogen (secondary N) is 4. The minimum absolute atomic E-state index is 0.00689. The van der Waals surface area contributed by atoms with Crippen molar-refractivity contribution in [3.8, 4) is 28.6 Å². The van der Waals surface area contributed by atoms with E-state index >= 15 is 0 Å². The number of benzene rings is 2. The summed E-state index contributed by atoms with van der Waals surface area (Å²) in [6, 6.07) is 10.9. The first-order chi connectivity index (χ1) is 25.1. The monoisotopic (exact) mass is 731 g/mol. The summed E-state index contributed by atoms with van der Waals surface area (Å²) in [7, 11) is 0. The van der Waals surface area contributed by atoms with E-state index in [9.17, 15) is 29.4 Å². The second kappa shape index (κ2) is 16.7. The molecule has 0 radical (unpaired) electrons. The van der Waals surface area contributed by atoms with Crippen LogP contribution in [0.15, 0.2) is 47.4 Å². The summed E-state index contributed by atoms with van der Waals surface area (Å²) in [6.07, 6.45) is 10.0. The Bertz CT molecular complexity index is 1970. The van der Waals surface area contributed by atoms with Gasteiger partial charge in [-0.2, -0.15) is 16.9 Å². The molecule has 2 aromatic carbocycles. The fourth-order valence-corrected chi connectivity index (χ4v) is 8.82. The van der Waals surface area contributed by atoms with E-state index in [1.807, 2.05) is 60.6 Å². The number of aromatic amines is 1. The second-order valence-corrected chi connectivity index (χ2v) is 15.5. The Kier molecular flexibility index (Phi) is 11.9. The molecule has 2 aliphatic rings. The normalized spacial score (nSPS) is 18.1. The van der Waals surface area contributed by atoms with Crippen LogP contribution in [0.2, 0.25) is 0 Å². The van der Waals surface area contributed by atoms with Gasteiger partial charge in [0, 0.05) is 66.5 Å². The van der Waals surface area contributed by atoms with Crippen molar-refractivity contribution in [1.82, 2.24) is 35.3 Å². The molecule has 6 N–H and O–H groups in total. The number of amides is 3. The summed E-state index contributed by atoms with van der Waals surface area (Å²) in [5, 5.41) is 37.9. The van der Waals surface area contributed by atoms with Crippen LogP contribution in [0.25, 0.3) is 28.0 Å². The third-order valence-electron chi connectivity index (χ3n) is 10.1. The Labute approximate surface area is 306 Å². The summed E-state index contributed by atoms with van der Waals surface area (Å²) in [4.78, 5) is 49.2. The van der Waals surface area contributed by atoms with Crippen LogP contribution < -0.4 is 21.6 Å². The maximum atomic E-state index is 12.9. The zero-order chi connectivity index (χ0) is 36.8. The Morgan fingerprint density at radius 3 is 2.52 bits per heavy atom. The van der Waals surface area contributed by atoms with Gasteiger partial charge in [-0.3, -0.25) is 9.59 Å². The minimum Gasteiger partial charge on any atom is -0.508 e. The summed E-state index contributed by atoms with van der Waals surface area (Å²) in [6.45, 7) is 4.92. The van der Waals surface area contributed by atoms with Crippen LogP contribution in [0.4, 0.5) is 4.79 Å². The van der Waals surface area contributed by atoms with Crippen LogP contribution in [0.3, 0.4) is 0 Å². The molecule has 0 saturated carbocycles. The van der Waals surface area contributed by atoms with Gasteiger partial charge in [-0.05, 0) is 67.5 Å². The molecule has 2 fully saturated rings. The Morgan fingerprint density at radius 1 is 0.962 bits per heavy atom. The topological polar surface area (TPSA) is 183 Å². The molecule has 4 heterocycles. The van der Waals surface area contributed by atoms with Gasteiger partial charge in [-0.15, -0.1) is 0 Å². The van der Waals surface area contributed by atoms with E-state index in [0.29, 0.717) is 60.2 Å². The molecule has 0 unspecified atom stereocenters. The lowest BCUT2D eigenvalue weighted by Crippen LogP contribution is -2.36. The van der Waals surface area contributed by atoms with Crippen molar-refractivity contribution in [3.63, 3.8) is 0 Å². The largest absolute Gasteiger partial charge is 0.508 e. The lowest BCUT2D eigenvalue weighted by Gasteiger charge is -2.16. The molecule has 2 aliphatic heterocycles. The molecule has 2 aromatic heterocycles. The first-order valence-electron chi connectivity index (χ1n) is 18.4. The number of urea groups is 1. The molecule has 13 nitrogen and oxygen atoms in total. The van der Waals surface area contributed by atoms with Gasteiger partial charge in [0.1, 0.15) is 17.3 Å². The van der Waals surface area contributed by atoms with Crippen LogP contribution in [0, 0.1) is 0 Å². The Hall–Kier alpha value is -4.72. The fourth-order valence-electron chi connectivity index (χ4n) is 7.28. The van der Waals surface area contributed by atoms with Crippen LogP contribution >= 0.6 is 11.8 Å². The van der Waals surface area contributed by atoms with Crippen molar-refractivity contribution in [2.75, 3.05) is 12.3 Å². The number of phenols is 2. The average Bonchev–Trinajstić information content (AvgIpc) is 3.88. The number of Topliss-reactive ketones (excluding diaryl/α,β-unsaturated/α-hetero) is 1. The quantitative estimate of drug-likeness (QED) is 0.0575. The number of H-pyrrole nitrogens is 1. The van der Waals surface area contributed by atoms with Crippen molar-refractivity contribution >= 4 is 40.4 Å². The van der Waals surface area contributed by atoms with E-state index in [4.69, 9.17) is 0 Å². The highest BCUT2D eigenvalue weighted by atomic mass is 32.2. The number of rotatable bonds is 18. The first kappa shape index (κ1) is 37.1. The van der Waals surface area contributed by atoms with E-state index in [-0.39, 0.29) is 47.3 Å². The van der Waals surface area contributed by atoms with Crippen LogP contribution in [0.5, 0.6) is 11.5 Å². The summed E-state index contributed by atoms with van der Waals surface area (Å²) < 4.78 is 3.45. The molecular formula is C38H49N7O6S. The average molecular weight is 732 g/mol. The van der Waals surface area contributed by atoms with Crippen molar-refractivity contribution in [1.29, 1.82) is 0 Å². The van der Waals surface area contributed by atoms with Crippen LogP contribution in [-0.4, -0.2) is 76.9 Å². The van der Waals surface area contributed by atoms with Crippen LogP contribution in [-0.2, 0) is 16.1 Å². The van der Waals surface area contributed by atoms with Gasteiger partial charge in [0.2, 0.25) is 5.91 Å². The number of aromatic nitrogens is 4. The highest BCUT2D eigenvalue weighted by molar-refractivity contribution is 8.00. The minimum atomic E-state index is -0.456. The third kappa shape index (κ3) is 8.66. The molecule has 6 rings (SSSR count). The standard InChI is InChI=1S/C38H49N7O6S/c1-23(2)27-20-28(32(48)21-31(27)47)36-42-43-38(51)45(36)25-13-14-30-24(19-25)15-17-44(30)18-16-39-34(49)12-6-4-3-5-9-26(46)10-7-8-11-33-35-29(22-52-33)40-37(50)41-35/h13-15,17,19-21,23,29,33,35,47-48H,3-12,16,18,22H2,1-2H3,(H,39,49)(H,43,51)(H2,40,41,50)/t29-,33+,35-/m0/s1. The van der Waals surface area contributed by atoms with Crippen molar-refractivity contribution in [2.45, 2.75) is 108 Å².